The van der Waals surface area contributed by atoms with Crippen LogP contribution in [0.15, 0.2) is 24.3 Å². The maximum absolute atomic E-state index is 9.96. The molecule has 0 saturated carbocycles. The van der Waals surface area contributed by atoms with Gasteiger partial charge in [-0.05, 0) is 25.7 Å². The summed E-state index contributed by atoms with van der Waals surface area (Å²) in [6.07, 6.45) is 2.01. The Bertz CT molecular complexity index is 325. The van der Waals surface area contributed by atoms with Crippen LogP contribution in [0.5, 0.6) is 0 Å². The van der Waals surface area contributed by atoms with Crippen molar-refractivity contribution >= 4 is 11.8 Å². The molecule has 0 radical (unpaired) electrons. The van der Waals surface area contributed by atoms with E-state index in [1.807, 2.05) is 13.2 Å². The summed E-state index contributed by atoms with van der Waals surface area (Å²) in [7, 11) is 0. The van der Waals surface area contributed by atoms with Crippen LogP contribution < -0.4 is 5.32 Å². The number of hydrogen-bond donors (Lipinski definition) is 2. The van der Waals surface area contributed by atoms with E-state index in [1.54, 1.807) is 11.8 Å². The van der Waals surface area contributed by atoms with Gasteiger partial charge in [0, 0.05) is 18.8 Å². The fraction of sp³-hybridized carbons (Fsp3) is 0.538. The van der Waals surface area contributed by atoms with Gasteiger partial charge in [-0.2, -0.15) is 11.8 Å². The third-order valence-electron chi connectivity index (χ3n) is 2.37. The second kappa shape index (κ2) is 6.28. The van der Waals surface area contributed by atoms with E-state index >= 15 is 0 Å². The molecule has 0 spiro atoms. The SMILES string of the molecule is CSCC(C)(O)CNCc1cccc(C)c1. The highest BCUT2D eigenvalue weighted by atomic mass is 32.2. The maximum Gasteiger partial charge on any atom is 0.0833 e. The van der Waals surface area contributed by atoms with Crippen LogP contribution in [0.2, 0.25) is 0 Å². The molecule has 0 heterocycles. The first kappa shape index (κ1) is 13.6. The van der Waals surface area contributed by atoms with Gasteiger partial charge in [0.15, 0.2) is 0 Å². The number of thioether (sulfide) groups is 1. The minimum Gasteiger partial charge on any atom is -0.388 e. The highest BCUT2D eigenvalue weighted by Gasteiger charge is 2.18. The van der Waals surface area contributed by atoms with Crippen molar-refractivity contribution in [2.45, 2.75) is 26.0 Å². The minimum absolute atomic E-state index is 0.622. The largest absolute Gasteiger partial charge is 0.388 e. The lowest BCUT2D eigenvalue weighted by atomic mass is 10.1. The van der Waals surface area contributed by atoms with Gasteiger partial charge in [-0.1, -0.05) is 29.8 Å². The van der Waals surface area contributed by atoms with E-state index in [9.17, 15) is 5.11 Å². The molecule has 0 amide bonds. The molecular weight excluding hydrogens is 218 g/mol. The van der Waals surface area contributed by atoms with Crippen LogP contribution in [0.1, 0.15) is 18.1 Å². The molecular formula is C13H21NOS. The van der Waals surface area contributed by atoms with E-state index in [-0.39, 0.29) is 0 Å². The quantitative estimate of drug-likeness (QED) is 0.798. The summed E-state index contributed by atoms with van der Waals surface area (Å²) in [4.78, 5) is 0. The van der Waals surface area contributed by atoms with Gasteiger partial charge in [-0.15, -0.1) is 0 Å². The van der Waals surface area contributed by atoms with Gasteiger partial charge in [0.2, 0.25) is 0 Å². The molecule has 0 saturated heterocycles. The molecule has 0 aliphatic heterocycles. The molecule has 0 aromatic heterocycles. The van der Waals surface area contributed by atoms with Crippen LogP contribution in [-0.4, -0.2) is 29.3 Å². The molecule has 0 aliphatic carbocycles. The standard InChI is InChI=1S/C13H21NOS/c1-11-5-4-6-12(7-11)8-14-9-13(2,15)10-16-3/h4-7,14-15H,8-10H2,1-3H3. The van der Waals surface area contributed by atoms with Gasteiger partial charge in [-0.25, -0.2) is 0 Å². The van der Waals surface area contributed by atoms with Gasteiger partial charge in [0.25, 0.3) is 0 Å². The van der Waals surface area contributed by atoms with Crippen molar-refractivity contribution in [2.24, 2.45) is 0 Å². The molecule has 3 heteroatoms. The molecule has 2 N–H and O–H groups in total. The monoisotopic (exact) mass is 239 g/mol. The van der Waals surface area contributed by atoms with Crippen molar-refractivity contribution in [3.63, 3.8) is 0 Å². The predicted octanol–water partition coefficient (Wildman–Crippen LogP) is 2.20. The second-order valence-electron chi connectivity index (χ2n) is 4.52. The summed E-state index contributed by atoms with van der Waals surface area (Å²) < 4.78 is 0. The van der Waals surface area contributed by atoms with Crippen LogP contribution in [0, 0.1) is 6.92 Å². The van der Waals surface area contributed by atoms with Crippen LogP contribution in [0.25, 0.3) is 0 Å². The van der Waals surface area contributed by atoms with Gasteiger partial charge in [-0.3, -0.25) is 0 Å². The van der Waals surface area contributed by atoms with Gasteiger partial charge < -0.3 is 10.4 Å². The zero-order chi connectivity index (χ0) is 12.0. The van der Waals surface area contributed by atoms with E-state index in [0.29, 0.717) is 6.54 Å². The molecule has 16 heavy (non-hydrogen) atoms. The van der Waals surface area contributed by atoms with Crippen molar-refractivity contribution in [3.8, 4) is 0 Å². The lowest BCUT2D eigenvalue weighted by Gasteiger charge is -2.22. The summed E-state index contributed by atoms with van der Waals surface area (Å²) in [6, 6.07) is 8.42. The highest BCUT2D eigenvalue weighted by molar-refractivity contribution is 7.98. The van der Waals surface area contributed by atoms with E-state index < -0.39 is 5.60 Å². The normalized spacial score (nSPS) is 14.8. The van der Waals surface area contributed by atoms with Gasteiger partial charge >= 0.3 is 0 Å². The van der Waals surface area contributed by atoms with Crippen molar-refractivity contribution in [2.75, 3.05) is 18.6 Å². The van der Waals surface area contributed by atoms with Gasteiger partial charge in [0.05, 0.1) is 5.60 Å². The van der Waals surface area contributed by atoms with E-state index in [1.165, 1.54) is 11.1 Å². The Morgan fingerprint density at radius 2 is 2.19 bits per heavy atom. The number of benzene rings is 1. The fourth-order valence-electron chi connectivity index (χ4n) is 1.66. The van der Waals surface area contributed by atoms with E-state index in [0.717, 1.165) is 12.3 Å². The van der Waals surface area contributed by atoms with Crippen LogP contribution in [0.3, 0.4) is 0 Å². The van der Waals surface area contributed by atoms with Crippen molar-refractivity contribution < 1.29 is 5.11 Å². The summed E-state index contributed by atoms with van der Waals surface area (Å²) in [5, 5.41) is 13.3. The minimum atomic E-state index is -0.622. The molecule has 1 rings (SSSR count). The van der Waals surface area contributed by atoms with Crippen molar-refractivity contribution in [3.05, 3.63) is 35.4 Å². The number of hydrogen-bond acceptors (Lipinski definition) is 3. The maximum atomic E-state index is 9.96. The molecule has 1 unspecified atom stereocenters. The molecule has 0 bridgehead atoms. The number of nitrogens with one attached hydrogen (secondary N) is 1. The third-order valence-corrected chi connectivity index (χ3v) is 3.28. The fourth-order valence-corrected chi connectivity index (χ4v) is 2.38. The Morgan fingerprint density at radius 1 is 1.44 bits per heavy atom. The van der Waals surface area contributed by atoms with Crippen LogP contribution >= 0.6 is 11.8 Å². The molecule has 2 nitrogen and oxygen atoms in total. The highest BCUT2D eigenvalue weighted by Crippen LogP contribution is 2.09. The van der Waals surface area contributed by atoms with Crippen LogP contribution in [-0.2, 0) is 6.54 Å². The zero-order valence-electron chi connectivity index (χ0n) is 10.3. The van der Waals surface area contributed by atoms with E-state index in [4.69, 9.17) is 0 Å². The molecule has 1 aromatic carbocycles. The molecule has 0 fully saturated rings. The summed E-state index contributed by atoms with van der Waals surface area (Å²) in [5.74, 6) is 0.758. The Kier molecular flexibility index (Phi) is 5.32. The number of rotatable bonds is 6. The van der Waals surface area contributed by atoms with Crippen molar-refractivity contribution in [1.29, 1.82) is 0 Å². The zero-order valence-corrected chi connectivity index (χ0v) is 11.1. The molecule has 90 valence electrons. The third kappa shape index (κ3) is 5.01. The second-order valence-corrected chi connectivity index (χ2v) is 5.39. The Balaban J connectivity index is 2.35. The van der Waals surface area contributed by atoms with Gasteiger partial charge in [0.1, 0.15) is 0 Å². The summed E-state index contributed by atoms with van der Waals surface area (Å²) in [6.45, 7) is 5.40. The van der Waals surface area contributed by atoms with Crippen LogP contribution in [0.4, 0.5) is 0 Å². The average molecular weight is 239 g/mol. The first-order valence-corrected chi connectivity index (χ1v) is 6.90. The van der Waals surface area contributed by atoms with E-state index in [2.05, 4.69) is 36.5 Å². The molecule has 0 aliphatic rings. The summed E-state index contributed by atoms with van der Waals surface area (Å²) in [5.41, 5.74) is 1.92. The number of aliphatic hydroxyl groups is 1. The smallest absolute Gasteiger partial charge is 0.0833 e. The average Bonchev–Trinajstić information content (AvgIpc) is 2.17. The first-order chi connectivity index (χ1) is 7.53. The molecule has 1 aromatic rings. The first-order valence-electron chi connectivity index (χ1n) is 5.51. The van der Waals surface area contributed by atoms with Crippen molar-refractivity contribution in [1.82, 2.24) is 5.32 Å². The lowest BCUT2D eigenvalue weighted by molar-refractivity contribution is 0.0846. The molecule has 1 atom stereocenters. The lowest BCUT2D eigenvalue weighted by Crippen LogP contribution is -2.39. The summed E-state index contributed by atoms with van der Waals surface area (Å²) >= 11 is 1.67. The Labute approximate surface area is 102 Å². The Morgan fingerprint density at radius 3 is 2.81 bits per heavy atom. The topological polar surface area (TPSA) is 32.3 Å². The number of aryl methyl sites for hydroxylation is 1. The predicted molar refractivity (Wildman–Crippen MR) is 71.9 cm³/mol. The Hall–Kier alpha value is -0.510.